The van der Waals surface area contributed by atoms with Crippen molar-refractivity contribution in [1.82, 2.24) is 0 Å². The van der Waals surface area contributed by atoms with E-state index in [1.54, 1.807) is 25.3 Å². The van der Waals surface area contributed by atoms with Gasteiger partial charge in [-0.1, -0.05) is 29.8 Å². The summed E-state index contributed by atoms with van der Waals surface area (Å²) >= 11 is 6.09. The first-order chi connectivity index (χ1) is 10.2. The SMILES string of the molecule is COc1ccc(C(O)C2COc3ccccc3O2)cc1Cl. The summed E-state index contributed by atoms with van der Waals surface area (Å²) in [5.74, 6) is 1.89. The molecule has 21 heavy (non-hydrogen) atoms. The van der Waals surface area contributed by atoms with Crippen molar-refractivity contribution in [3.05, 3.63) is 53.1 Å². The molecule has 3 rings (SSSR count). The molecular weight excluding hydrogens is 292 g/mol. The maximum Gasteiger partial charge on any atom is 0.163 e. The summed E-state index contributed by atoms with van der Waals surface area (Å²) in [7, 11) is 1.55. The number of halogens is 1. The van der Waals surface area contributed by atoms with E-state index in [2.05, 4.69) is 0 Å². The third kappa shape index (κ3) is 2.77. The molecule has 0 saturated carbocycles. The van der Waals surface area contributed by atoms with Crippen molar-refractivity contribution in [1.29, 1.82) is 0 Å². The third-order valence-corrected chi connectivity index (χ3v) is 3.70. The van der Waals surface area contributed by atoms with Crippen LogP contribution in [-0.4, -0.2) is 24.9 Å². The Morgan fingerprint density at radius 2 is 2.00 bits per heavy atom. The summed E-state index contributed by atoms with van der Waals surface area (Å²) in [4.78, 5) is 0. The first-order valence-electron chi connectivity index (χ1n) is 6.59. The van der Waals surface area contributed by atoms with Crippen LogP contribution in [0.25, 0.3) is 0 Å². The van der Waals surface area contributed by atoms with Crippen LogP contribution in [0.1, 0.15) is 11.7 Å². The lowest BCUT2D eigenvalue weighted by Gasteiger charge is -2.29. The number of benzene rings is 2. The lowest BCUT2D eigenvalue weighted by atomic mass is 10.0. The van der Waals surface area contributed by atoms with Gasteiger partial charge in [0.1, 0.15) is 18.5 Å². The summed E-state index contributed by atoms with van der Waals surface area (Å²) < 4.78 is 16.5. The summed E-state index contributed by atoms with van der Waals surface area (Å²) in [5.41, 5.74) is 0.661. The van der Waals surface area contributed by atoms with E-state index in [0.29, 0.717) is 27.8 Å². The Bertz CT molecular complexity index is 644. The van der Waals surface area contributed by atoms with Gasteiger partial charge in [-0.2, -0.15) is 0 Å². The molecule has 1 N–H and O–H groups in total. The minimum Gasteiger partial charge on any atom is -0.495 e. The predicted octanol–water partition coefficient (Wildman–Crippen LogP) is 3.22. The van der Waals surface area contributed by atoms with Gasteiger partial charge in [0.15, 0.2) is 17.6 Å². The minimum absolute atomic E-state index is 0.280. The number of para-hydroxylation sites is 2. The highest BCUT2D eigenvalue weighted by molar-refractivity contribution is 6.32. The second kappa shape index (κ2) is 5.84. The standard InChI is InChI=1S/C16H15ClO4/c1-19-12-7-6-10(8-11(12)17)16(18)15-9-20-13-4-2-3-5-14(13)21-15/h2-8,15-16,18H,9H2,1H3. The number of aliphatic hydroxyl groups excluding tert-OH is 1. The van der Waals surface area contributed by atoms with Crippen LogP contribution in [0.15, 0.2) is 42.5 Å². The molecule has 2 unspecified atom stereocenters. The predicted molar refractivity (Wildman–Crippen MR) is 79.3 cm³/mol. The van der Waals surface area contributed by atoms with E-state index < -0.39 is 12.2 Å². The number of aliphatic hydroxyl groups is 1. The van der Waals surface area contributed by atoms with E-state index >= 15 is 0 Å². The fourth-order valence-corrected chi connectivity index (χ4v) is 2.54. The van der Waals surface area contributed by atoms with Gasteiger partial charge < -0.3 is 19.3 Å². The average Bonchev–Trinajstić information content (AvgIpc) is 2.53. The lowest BCUT2D eigenvalue weighted by Crippen LogP contribution is -2.34. The number of ether oxygens (including phenoxy) is 3. The van der Waals surface area contributed by atoms with Crippen molar-refractivity contribution in [2.24, 2.45) is 0 Å². The van der Waals surface area contributed by atoms with Gasteiger partial charge >= 0.3 is 0 Å². The van der Waals surface area contributed by atoms with Crippen LogP contribution < -0.4 is 14.2 Å². The Kier molecular flexibility index (Phi) is 3.90. The highest BCUT2D eigenvalue weighted by atomic mass is 35.5. The molecule has 0 fully saturated rings. The molecule has 2 aromatic carbocycles. The first-order valence-corrected chi connectivity index (χ1v) is 6.97. The monoisotopic (exact) mass is 306 g/mol. The highest BCUT2D eigenvalue weighted by Crippen LogP contribution is 2.35. The average molecular weight is 307 g/mol. The third-order valence-electron chi connectivity index (χ3n) is 3.40. The Morgan fingerprint density at radius 1 is 1.24 bits per heavy atom. The molecule has 0 amide bonds. The van der Waals surface area contributed by atoms with Gasteiger partial charge in [0.05, 0.1) is 12.1 Å². The number of hydrogen-bond acceptors (Lipinski definition) is 4. The van der Waals surface area contributed by atoms with Crippen molar-refractivity contribution in [3.8, 4) is 17.2 Å². The lowest BCUT2D eigenvalue weighted by molar-refractivity contribution is -0.0113. The van der Waals surface area contributed by atoms with Gasteiger partial charge in [-0.15, -0.1) is 0 Å². The molecule has 0 radical (unpaired) electrons. The normalized spacial score (nSPS) is 18.1. The van der Waals surface area contributed by atoms with Crippen molar-refractivity contribution in [3.63, 3.8) is 0 Å². The van der Waals surface area contributed by atoms with Crippen molar-refractivity contribution in [2.45, 2.75) is 12.2 Å². The van der Waals surface area contributed by atoms with Gasteiger partial charge in [0.2, 0.25) is 0 Å². The Morgan fingerprint density at radius 3 is 2.71 bits per heavy atom. The van der Waals surface area contributed by atoms with Crippen LogP contribution in [0.4, 0.5) is 0 Å². The first kappa shape index (κ1) is 14.0. The topological polar surface area (TPSA) is 47.9 Å². The molecule has 0 aliphatic carbocycles. The Hall–Kier alpha value is -1.91. The molecule has 0 bridgehead atoms. The van der Waals surface area contributed by atoms with E-state index in [9.17, 15) is 5.11 Å². The summed E-state index contributed by atoms with van der Waals surface area (Å²) in [6.07, 6.45) is -1.31. The fraction of sp³-hybridized carbons (Fsp3) is 0.250. The molecule has 1 aliphatic rings. The highest BCUT2D eigenvalue weighted by Gasteiger charge is 2.29. The fourth-order valence-electron chi connectivity index (χ4n) is 2.27. The molecule has 0 spiro atoms. The number of hydrogen-bond donors (Lipinski definition) is 1. The summed E-state index contributed by atoms with van der Waals surface area (Å²) in [6, 6.07) is 12.5. The number of methoxy groups -OCH3 is 1. The van der Waals surface area contributed by atoms with Gasteiger partial charge in [0, 0.05) is 0 Å². The Labute approximate surface area is 127 Å². The molecule has 0 aromatic heterocycles. The molecule has 2 aromatic rings. The molecule has 110 valence electrons. The quantitative estimate of drug-likeness (QED) is 0.946. The molecule has 0 saturated heterocycles. The van der Waals surface area contributed by atoms with Crippen LogP contribution in [0.3, 0.4) is 0 Å². The summed E-state index contributed by atoms with van der Waals surface area (Å²) in [5, 5.41) is 10.9. The van der Waals surface area contributed by atoms with E-state index in [-0.39, 0.29) is 6.61 Å². The zero-order valence-corrected chi connectivity index (χ0v) is 12.2. The number of rotatable bonds is 3. The number of fused-ring (bicyclic) bond motifs is 1. The van der Waals surface area contributed by atoms with Crippen molar-refractivity contribution < 1.29 is 19.3 Å². The summed E-state index contributed by atoms with van der Waals surface area (Å²) in [6.45, 7) is 0.280. The molecule has 5 heteroatoms. The van der Waals surface area contributed by atoms with Crippen molar-refractivity contribution in [2.75, 3.05) is 13.7 Å². The zero-order chi connectivity index (χ0) is 14.8. The van der Waals surface area contributed by atoms with E-state index in [0.717, 1.165) is 0 Å². The second-order valence-corrected chi connectivity index (χ2v) is 5.16. The van der Waals surface area contributed by atoms with E-state index in [1.165, 1.54) is 0 Å². The molecular formula is C16H15ClO4. The molecule has 1 aliphatic heterocycles. The molecule has 4 nitrogen and oxygen atoms in total. The van der Waals surface area contributed by atoms with Gasteiger partial charge in [-0.25, -0.2) is 0 Å². The maximum absolute atomic E-state index is 10.5. The van der Waals surface area contributed by atoms with Crippen LogP contribution in [0.2, 0.25) is 5.02 Å². The van der Waals surface area contributed by atoms with Crippen LogP contribution >= 0.6 is 11.6 Å². The zero-order valence-electron chi connectivity index (χ0n) is 11.5. The second-order valence-electron chi connectivity index (χ2n) is 4.75. The minimum atomic E-state index is -0.832. The van der Waals surface area contributed by atoms with E-state index in [4.69, 9.17) is 25.8 Å². The van der Waals surface area contributed by atoms with E-state index in [1.807, 2.05) is 24.3 Å². The van der Waals surface area contributed by atoms with Crippen molar-refractivity contribution >= 4 is 11.6 Å². The molecule has 1 heterocycles. The largest absolute Gasteiger partial charge is 0.495 e. The van der Waals surface area contributed by atoms with Crippen LogP contribution in [0, 0.1) is 0 Å². The maximum atomic E-state index is 10.5. The Balaban J connectivity index is 1.80. The van der Waals surface area contributed by atoms with Gasteiger partial charge in [-0.05, 0) is 29.8 Å². The molecule has 2 atom stereocenters. The van der Waals surface area contributed by atoms with Gasteiger partial charge in [0.25, 0.3) is 0 Å². The van der Waals surface area contributed by atoms with Crippen LogP contribution in [0.5, 0.6) is 17.2 Å². The van der Waals surface area contributed by atoms with Gasteiger partial charge in [-0.3, -0.25) is 0 Å². The van der Waals surface area contributed by atoms with Crippen LogP contribution in [-0.2, 0) is 0 Å². The smallest absolute Gasteiger partial charge is 0.163 e.